The van der Waals surface area contributed by atoms with Gasteiger partial charge in [-0.1, -0.05) is 27.3 Å². The highest BCUT2D eigenvalue weighted by Crippen LogP contribution is 2.27. The number of urea groups is 1. The number of amides is 2. The fourth-order valence-electron chi connectivity index (χ4n) is 2.26. The van der Waals surface area contributed by atoms with Crippen LogP contribution in [0.25, 0.3) is 0 Å². The molecule has 1 N–H and O–H groups in total. The van der Waals surface area contributed by atoms with Crippen molar-refractivity contribution in [3.8, 4) is 0 Å². The van der Waals surface area contributed by atoms with Crippen LogP contribution in [0.2, 0.25) is 0 Å². The topological polar surface area (TPSA) is 74.5 Å². The van der Waals surface area contributed by atoms with Gasteiger partial charge in [0, 0.05) is 18.8 Å². The van der Waals surface area contributed by atoms with E-state index in [2.05, 4.69) is 31.4 Å². The first kappa shape index (κ1) is 15.4. The van der Waals surface area contributed by atoms with Gasteiger partial charge in [-0.05, 0) is 12.1 Å². The van der Waals surface area contributed by atoms with Crippen LogP contribution in [-0.2, 0) is 13.0 Å². The van der Waals surface area contributed by atoms with E-state index in [0.29, 0.717) is 18.2 Å². The van der Waals surface area contributed by atoms with Gasteiger partial charge in [-0.2, -0.15) is 0 Å². The number of alkyl halides is 1. The van der Waals surface area contributed by atoms with Crippen LogP contribution in [0.3, 0.4) is 0 Å². The summed E-state index contributed by atoms with van der Waals surface area (Å²) in [7, 11) is 1.78. The molecule has 0 radical (unpaired) electrons. The van der Waals surface area contributed by atoms with Crippen LogP contribution in [0.1, 0.15) is 10.8 Å². The van der Waals surface area contributed by atoms with E-state index < -0.39 is 0 Å². The fourth-order valence-corrected chi connectivity index (χ4v) is 3.78. The van der Waals surface area contributed by atoms with Gasteiger partial charge >= 0.3 is 6.03 Å². The van der Waals surface area contributed by atoms with Crippen LogP contribution in [0.4, 0.5) is 9.93 Å². The fraction of sp³-hybridized carbons (Fsp3) is 0.462. The van der Waals surface area contributed by atoms with Crippen LogP contribution in [-0.4, -0.2) is 46.2 Å². The molecule has 1 saturated heterocycles. The first-order valence-electron chi connectivity index (χ1n) is 6.87. The Hall–Kier alpha value is -1.45. The Bertz CT molecular complexity index is 632. The Labute approximate surface area is 140 Å². The Morgan fingerprint density at radius 2 is 2.41 bits per heavy atom. The molecule has 3 heterocycles. The molecule has 1 aliphatic heterocycles. The quantitative estimate of drug-likeness (QED) is 0.770. The molecule has 0 aliphatic carbocycles. The van der Waals surface area contributed by atoms with Crippen molar-refractivity contribution in [1.29, 1.82) is 0 Å². The number of hydrogen-bond donors (Lipinski definition) is 1. The van der Waals surface area contributed by atoms with E-state index in [1.807, 2.05) is 12.1 Å². The van der Waals surface area contributed by atoms with Crippen molar-refractivity contribution in [1.82, 2.24) is 20.4 Å². The standard InChI is InChI=1S/C13H16BrN5O2S/c1-18-8-10(15-7-9-3-2-6-21-9)19(13(18)20)12-17-16-11(22-12)4-5-14/h2-3,6,10,15H,4-5,7-8H2,1H3. The van der Waals surface area contributed by atoms with Crippen molar-refractivity contribution in [2.75, 3.05) is 23.8 Å². The van der Waals surface area contributed by atoms with Gasteiger partial charge in [0.05, 0.1) is 19.4 Å². The average molecular weight is 386 g/mol. The molecule has 0 spiro atoms. The maximum Gasteiger partial charge on any atom is 0.327 e. The molecular formula is C13H16BrN5O2S. The van der Waals surface area contributed by atoms with Crippen molar-refractivity contribution < 1.29 is 9.21 Å². The smallest absolute Gasteiger partial charge is 0.327 e. The average Bonchev–Trinajstić information content (AvgIpc) is 3.20. The predicted molar refractivity (Wildman–Crippen MR) is 87.2 cm³/mol. The molecule has 9 heteroatoms. The molecule has 2 amide bonds. The number of carbonyl (C=O) groups is 1. The summed E-state index contributed by atoms with van der Waals surface area (Å²) in [6, 6.07) is 3.67. The third-order valence-electron chi connectivity index (χ3n) is 3.35. The maximum absolute atomic E-state index is 12.4. The molecule has 0 saturated carbocycles. The van der Waals surface area contributed by atoms with Gasteiger partial charge in [0.25, 0.3) is 0 Å². The van der Waals surface area contributed by atoms with Gasteiger partial charge in [-0.3, -0.25) is 10.2 Å². The zero-order valence-corrected chi connectivity index (χ0v) is 14.4. The largest absolute Gasteiger partial charge is 0.468 e. The number of carbonyl (C=O) groups excluding carboxylic acids is 1. The second kappa shape index (κ2) is 6.76. The summed E-state index contributed by atoms with van der Waals surface area (Å²) in [6.45, 7) is 1.15. The third-order valence-corrected chi connectivity index (χ3v) is 4.73. The summed E-state index contributed by atoms with van der Waals surface area (Å²) in [5.41, 5.74) is 0. The number of aryl methyl sites for hydroxylation is 1. The highest BCUT2D eigenvalue weighted by molar-refractivity contribution is 9.09. The molecule has 118 valence electrons. The summed E-state index contributed by atoms with van der Waals surface area (Å²) < 4.78 is 5.31. The molecule has 1 atom stereocenters. The SMILES string of the molecule is CN1CC(NCc2ccco2)N(c2nnc(CCBr)s2)C1=O. The van der Waals surface area contributed by atoms with Crippen LogP contribution in [0.5, 0.6) is 0 Å². The van der Waals surface area contributed by atoms with Gasteiger partial charge in [0.2, 0.25) is 5.13 Å². The molecule has 2 aromatic heterocycles. The Kier molecular flexibility index (Phi) is 4.74. The highest BCUT2D eigenvalue weighted by Gasteiger charge is 2.38. The molecule has 22 heavy (non-hydrogen) atoms. The second-order valence-electron chi connectivity index (χ2n) is 4.93. The molecule has 1 aliphatic rings. The number of nitrogens with zero attached hydrogens (tertiary/aromatic N) is 4. The number of aromatic nitrogens is 2. The monoisotopic (exact) mass is 385 g/mol. The number of nitrogens with one attached hydrogen (secondary N) is 1. The summed E-state index contributed by atoms with van der Waals surface area (Å²) in [5.74, 6) is 0.833. The summed E-state index contributed by atoms with van der Waals surface area (Å²) in [4.78, 5) is 15.7. The van der Waals surface area contributed by atoms with Crippen molar-refractivity contribution >= 4 is 38.4 Å². The van der Waals surface area contributed by atoms with E-state index in [-0.39, 0.29) is 12.2 Å². The third kappa shape index (κ3) is 3.16. The molecule has 1 fully saturated rings. The lowest BCUT2D eigenvalue weighted by Gasteiger charge is -2.20. The molecule has 1 unspecified atom stereocenters. The lowest BCUT2D eigenvalue weighted by molar-refractivity contribution is 0.229. The molecular weight excluding hydrogens is 370 g/mol. The Morgan fingerprint density at radius 1 is 1.55 bits per heavy atom. The zero-order valence-electron chi connectivity index (χ0n) is 12.0. The molecule has 7 nitrogen and oxygen atoms in total. The van der Waals surface area contributed by atoms with Crippen molar-refractivity contribution in [3.63, 3.8) is 0 Å². The summed E-state index contributed by atoms with van der Waals surface area (Å²) >= 11 is 4.84. The van der Waals surface area contributed by atoms with E-state index in [9.17, 15) is 4.79 Å². The minimum atomic E-state index is -0.146. The lowest BCUT2D eigenvalue weighted by atomic mass is 10.4. The lowest BCUT2D eigenvalue weighted by Crippen LogP contribution is -2.44. The van der Waals surface area contributed by atoms with Gasteiger partial charge < -0.3 is 9.32 Å². The van der Waals surface area contributed by atoms with Gasteiger partial charge in [0.15, 0.2) is 0 Å². The summed E-state index contributed by atoms with van der Waals surface area (Å²) in [6.07, 6.45) is 2.30. The molecule has 0 bridgehead atoms. The summed E-state index contributed by atoms with van der Waals surface area (Å²) in [5, 5.41) is 14.0. The van der Waals surface area contributed by atoms with Crippen LogP contribution in [0.15, 0.2) is 22.8 Å². The molecule has 0 aromatic carbocycles. The Balaban J connectivity index is 1.74. The maximum atomic E-state index is 12.4. The number of likely N-dealkylation sites (N-methyl/N-ethyl adjacent to an activating group) is 1. The van der Waals surface area contributed by atoms with E-state index in [4.69, 9.17) is 4.42 Å². The second-order valence-corrected chi connectivity index (χ2v) is 6.76. The van der Waals surface area contributed by atoms with E-state index in [1.165, 1.54) is 11.3 Å². The number of furan rings is 1. The van der Waals surface area contributed by atoms with Crippen molar-refractivity contribution in [2.45, 2.75) is 19.1 Å². The first-order chi connectivity index (χ1) is 10.7. The van der Waals surface area contributed by atoms with Crippen LogP contribution < -0.4 is 10.2 Å². The minimum Gasteiger partial charge on any atom is -0.468 e. The number of hydrogen-bond acceptors (Lipinski definition) is 6. The van der Waals surface area contributed by atoms with Gasteiger partial charge in [-0.25, -0.2) is 4.79 Å². The Morgan fingerprint density at radius 3 is 3.14 bits per heavy atom. The normalized spacial score (nSPS) is 18.5. The van der Waals surface area contributed by atoms with Crippen LogP contribution >= 0.6 is 27.3 Å². The minimum absolute atomic E-state index is 0.0708. The van der Waals surface area contributed by atoms with Crippen LogP contribution in [0, 0.1) is 0 Å². The van der Waals surface area contributed by atoms with Gasteiger partial charge in [-0.15, -0.1) is 10.2 Å². The van der Waals surface area contributed by atoms with E-state index in [1.54, 1.807) is 23.1 Å². The predicted octanol–water partition coefficient (Wildman–Crippen LogP) is 2.06. The first-order valence-corrected chi connectivity index (χ1v) is 8.81. The van der Waals surface area contributed by atoms with E-state index in [0.717, 1.165) is 22.5 Å². The van der Waals surface area contributed by atoms with Crippen molar-refractivity contribution in [2.24, 2.45) is 0 Å². The zero-order chi connectivity index (χ0) is 15.5. The molecule has 2 aromatic rings. The molecule has 3 rings (SSSR count). The van der Waals surface area contributed by atoms with Crippen molar-refractivity contribution in [3.05, 3.63) is 29.2 Å². The highest BCUT2D eigenvalue weighted by atomic mass is 79.9. The number of rotatable bonds is 6. The number of halogens is 1. The van der Waals surface area contributed by atoms with E-state index >= 15 is 0 Å². The van der Waals surface area contributed by atoms with Gasteiger partial charge in [0.1, 0.15) is 16.9 Å². The number of anilines is 1.